The van der Waals surface area contributed by atoms with Gasteiger partial charge in [0.15, 0.2) is 0 Å². The van der Waals surface area contributed by atoms with Crippen LogP contribution in [0.25, 0.3) is 0 Å². The number of amides is 2. The van der Waals surface area contributed by atoms with E-state index in [-0.39, 0.29) is 18.4 Å². The summed E-state index contributed by atoms with van der Waals surface area (Å²) in [5, 5.41) is 0. The number of benzene rings is 2. The van der Waals surface area contributed by atoms with Crippen molar-refractivity contribution in [2.45, 2.75) is 13.5 Å². The number of anilines is 1. The Morgan fingerprint density at radius 3 is 2.35 bits per heavy atom. The Morgan fingerprint density at radius 2 is 1.70 bits per heavy atom. The SMILES string of the molecule is Cc1cccc2c1C(=O)N(Cc1ccc(N)cc1)C2=O. The van der Waals surface area contributed by atoms with E-state index in [2.05, 4.69) is 0 Å². The molecule has 2 N–H and O–H groups in total. The first-order valence-electron chi connectivity index (χ1n) is 6.38. The van der Waals surface area contributed by atoms with Gasteiger partial charge in [0.1, 0.15) is 0 Å². The van der Waals surface area contributed by atoms with Gasteiger partial charge in [-0.2, -0.15) is 0 Å². The number of carbonyl (C=O) groups is 2. The van der Waals surface area contributed by atoms with Crippen molar-refractivity contribution in [1.82, 2.24) is 4.90 Å². The maximum absolute atomic E-state index is 12.4. The largest absolute Gasteiger partial charge is 0.399 e. The minimum absolute atomic E-state index is 0.222. The number of hydrogen-bond acceptors (Lipinski definition) is 3. The first kappa shape index (κ1) is 12.4. The molecule has 4 heteroatoms. The number of aryl methyl sites for hydroxylation is 1. The van der Waals surface area contributed by atoms with Gasteiger partial charge in [0.05, 0.1) is 17.7 Å². The summed E-state index contributed by atoms with van der Waals surface area (Å²) in [5.74, 6) is -0.453. The highest BCUT2D eigenvalue weighted by Gasteiger charge is 2.36. The lowest BCUT2D eigenvalue weighted by molar-refractivity contribution is 0.0642. The van der Waals surface area contributed by atoms with E-state index in [0.717, 1.165) is 11.1 Å². The lowest BCUT2D eigenvalue weighted by atomic mass is 10.0. The number of nitrogen functional groups attached to an aromatic ring is 1. The van der Waals surface area contributed by atoms with Gasteiger partial charge in [-0.15, -0.1) is 0 Å². The predicted molar refractivity (Wildman–Crippen MR) is 76.2 cm³/mol. The summed E-state index contributed by atoms with van der Waals surface area (Å²) in [7, 11) is 0. The van der Waals surface area contributed by atoms with E-state index in [9.17, 15) is 9.59 Å². The molecule has 0 saturated heterocycles. The molecule has 2 aromatic carbocycles. The number of fused-ring (bicyclic) bond motifs is 1. The van der Waals surface area contributed by atoms with Crippen molar-refractivity contribution in [3.05, 3.63) is 64.7 Å². The van der Waals surface area contributed by atoms with Crippen LogP contribution < -0.4 is 5.73 Å². The molecule has 1 aliphatic rings. The molecule has 3 rings (SSSR count). The van der Waals surface area contributed by atoms with Gasteiger partial charge in [-0.25, -0.2) is 0 Å². The van der Waals surface area contributed by atoms with Crippen LogP contribution in [0.2, 0.25) is 0 Å². The molecule has 0 aliphatic carbocycles. The lowest BCUT2D eigenvalue weighted by Gasteiger charge is -2.14. The highest BCUT2D eigenvalue weighted by Crippen LogP contribution is 2.27. The van der Waals surface area contributed by atoms with Gasteiger partial charge in [-0.3, -0.25) is 14.5 Å². The van der Waals surface area contributed by atoms with Crippen molar-refractivity contribution in [2.24, 2.45) is 0 Å². The molecule has 0 spiro atoms. The van der Waals surface area contributed by atoms with Crippen molar-refractivity contribution in [3.8, 4) is 0 Å². The van der Waals surface area contributed by atoms with E-state index in [1.807, 2.05) is 25.1 Å². The standard InChI is InChI=1S/C16H14N2O2/c1-10-3-2-4-13-14(10)16(20)18(15(13)19)9-11-5-7-12(17)8-6-11/h2-8H,9,17H2,1H3. The van der Waals surface area contributed by atoms with Crippen LogP contribution in [-0.2, 0) is 6.54 Å². The molecule has 0 aromatic heterocycles. The third kappa shape index (κ3) is 1.86. The molecule has 0 fully saturated rings. The second-order valence-electron chi connectivity index (χ2n) is 4.94. The van der Waals surface area contributed by atoms with Crippen LogP contribution in [0.4, 0.5) is 5.69 Å². The Kier molecular flexibility index (Phi) is 2.79. The molecule has 0 bridgehead atoms. The fourth-order valence-corrected chi connectivity index (χ4v) is 2.45. The summed E-state index contributed by atoms with van der Waals surface area (Å²) >= 11 is 0. The Labute approximate surface area is 116 Å². The van der Waals surface area contributed by atoms with Crippen LogP contribution in [0, 0.1) is 6.92 Å². The van der Waals surface area contributed by atoms with Crippen molar-refractivity contribution in [3.63, 3.8) is 0 Å². The normalized spacial score (nSPS) is 13.8. The first-order valence-corrected chi connectivity index (χ1v) is 6.38. The van der Waals surface area contributed by atoms with Gasteiger partial charge in [-0.1, -0.05) is 24.3 Å². The molecule has 1 heterocycles. The minimum atomic E-state index is -0.231. The fraction of sp³-hybridized carbons (Fsp3) is 0.125. The highest BCUT2D eigenvalue weighted by atomic mass is 16.2. The molecular formula is C16H14N2O2. The van der Waals surface area contributed by atoms with Gasteiger partial charge in [-0.05, 0) is 36.2 Å². The number of nitrogens with zero attached hydrogens (tertiary/aromatic N) is 1. The molecule has 1 aliphatic heterocycles. The molecular weight excluding hydrogens is 252 g/mol. The summed E-state index contributed by atoms with van der Waals surface area (Å²) in [6.07, 6.45) is 0. The van der Waals surface area contributed by atoms with E-state index in [1.165, 1.54) is 4.90 Å². The van der Waals surface area contributed by atoms with E-state index in [0.29, 0.717) is 16.8 Å². The zero-order chi connectivity index (χ0) is 14.3. The summed E-state index contributed by atoms with van der Waals surface area (Å²) < 4.78 is 0. The molecule has 0 atom stereocenters. The van der Waals surface area contributed by atoms with Crippen LogP contribution in [0.3, 0.4) is 0 Å². The van der Waals surface area contributed by atoms with Gasteiger partial charge < -0.3 is 5.73 Å². The van der Waals surface area contributed by atoms with Crippen molar-refractivity contribution in [1.29, 1.82) is 0 Å². The van der Waals surface area contributed by atoms with Crippen molar-refractivity contribution in [2.75, 3.05) is 5.73 Å². The molecule has 0 saturated carbocycles. The smallest absolute Gasteiger partial charge is 0.262 e. The number of hydrogen-bond donors (Lipinski definition) is 1. The molecule has 0 radical (unpaired) electrons. The summed E-state index contributed by atoms with van der Waals surface area (Å²) in [6, 6.07) is 12.5. The second-order valence-corrected chi connectivity index (χ2v) is 4.94. The van der Waals surface area contributed by atoms with Crippen LogP contribution in [0.1, 0.15) is 31.8 Å². The monoisotopic (exact) mass is 266 g/mol. The Bertz CT molecular complexity index is 705. The lowest BCUT2D eigenvalue weighted by Crippen LogP contribution is -2.29. The Hall–Kier alpha value is -2.62. The number of rotatable bonds is 2. The van der Waals surface area contributed by atoms with Crippen LogP contribution >= 0.6 is 0 Å². The molecule has 2 aromatic rings. The van der Waals surface area contributed by atoms with Crippen LogP contribution in [-0.4, -0.2) is 16.7 Å². The van der Waals surface area contributed by atoms with Gasteiger partial charge in [0.2, 0.25) is 0 Å². The number of carbonyl (C=O) groups excluding carboxylic acids is 2. The zero-order valence-corrected chi connectivity index (χ0v) is 11.1. The van der Waals surface area contributed by atoms with E-state index in [1.54, 1.807) is 24.3 Å². The van der Waals surface area contributed by atoms with Crippen LogP contribution in [0.5, 0.6) is 0 Å². The fourth-order valence-electron chi connectivity index (χ4n) is 2.45. The predicted octanol–water partition coefficient (Wildman–Crippen LogP) is 2.37. The van der Waals surface area contributed by atoms with E-state index >= 15 is 0 Å². The zero-order valence-electron chi connectivity index (χ0n) is 11.1. The topological polar surface area (TPSA) is 63.4 Å². The summed E-state index contributed by atoms with van der Waals surface area (Å²) in [5.41, 5.74) is 9.02. The second kappa shape index (κ2) is 4.49. The first-order chi connectivity index (χ1) is 9.58. The Morgan fingerprint density at radius 1 is 1.00 bits per heavy atom. The van der Waals surface area contributed by atoms with E-state index in [4.69, 9.17) is 5.73 Å². The molecule has 100 valence electrons. The maximum Gasteiger partial charge on any atom is 0.262 e. The quantitative estimate of drug-likeness (QED) is 0.670. The average molecular weight is 266 g/mol. The maximum atomic E-state index is 12.4. The van der Waals surface area contributed by atoms with Crippen molar-refractivity contribution < 1.29 is 9.59 Å². The van der Waals surface area contributed by atoms with Gasteiger partial charge >= 0.3 is 0 Å². The minimum Gasteiger partial charge on any atom is -0.399 e. The molecule has 20 heavy (non-hydrogen) atoms. The number of nitrogens with two attached hydrogens (primary N) is 1. The summed E-state index contributed by atoms with van der Waals surface area (Å²) in [6.45, 7) is 2.11. The molecule has 0 unspecified atom stereocenters. The van der Waals surface area contributed by atoms with Crippen molar-refractivity contribution >= 4 is 17.5 Å². The van der Waals surface area contributed by atoms with E-state index < -0.39 is 0 Å². The van der Waals surface area contributed by atoms with Gasteiger partial charge in [0.25, 0.3) is 11.8 Å². The molecule has 2 amide bonds. The third-order valence-electron chi connectivity index (χ3n) is 3.53. The highest BCUT2D eigenvalue weighted by molar-refractivity contribution is 6.21. The van der Waals surface area contributed by atoms with Gasteiger partial charge in [0, 0.05) is 5.69 Å². The number of imide groups is 1. The van der Waals surface area contributed by atoms with Crippen LogP contribution in [0.15, 0.2) is 42.5 Å². The third-order valence-corrected chi connectivity index (χ3v) is 3.53. The summed E-state index contributed by atoms with van der Waals surface area (Å²) in [4.78, 5) is 26.0. The average Bonchev–Trinajstić information content (AvgIpc) is 2.67. The molecule has 4 nitrogen and oxygen atoms in total. The Balaban J connectivity index is 1.94.